The molecule has 1 aliphatic rings. The van der Waals surface area contributed by atoms with E-state index in [0.717, 1.165) is 0 Å². The molecule has 0 radical (unpaired) electrons. The zero-order chi connectivity index (χ0) is 18.7. The van der Waals surface area contributed by atoms with Gasteiger partial charge in [0.1, 0.15) is 11.2 Å². The number of carbonyl (C=O) groups is 2. The molecule has 0 N–H and O–H groups in total. The topological polar surface area (TPSA) is 63.9 Å². The molecule has 0 saturated carbocycles. The molecule has 0 aliphatic carbocycles. The van der Waals surface area contributed by atoms with Crippen LogP contribution in [0, 0.1) is 5.92 Å². The molecule has 1 fully saturated rings. The second-order valence-corrected chi connectivity index (χ2v) is 6.57. The number of methoxy groups -OCH3 is 1. The van der Waals surface area contributed by atoms with E-state index < -0.39 is 5.92 Å². The van der Waals surface area contributed by atoms with Crippen molar-refractivity contribution in [2.75, 3.05) is 18.6 Å². The number of hydrogen-bond acceptors (Lipinski definition) is 4. The number of nitrogens with zero attached hydrogens (tertiary/aromatic N) is 3. The van der Waals surface area contributed by atoms with Gasteiger partial charge in [-0.2, -0.15) is 0 Å². The zero-order valence-electron chi connectivity index (χ0n) is 15.3. The average Bonchev–Trinajstić information content (AvgIpc) is 3.02. The molecule has 2 aromatic rings. The van der Waals surface area contributed by atoms with E-state index in [-0.39, 0.29) is 24.3 Å². The highest BCUT2D eigenvalue weighted by atomic mass is 16.5. The first kappa shape index (κ1) is 17.9. The number of amides is 1. The van der Waals surface area contributed by atoms with E-state index in [9.17, 15) is 9.59 Å². The molecule has 1 unspecified atom stereocenters. The Bertz CT molecular complexity index is 886. The zero-order valence-corrected chi connectivity index (χ0v) is 15.3. The van der Waals surface area contributed by atoms with Crippen molar-refractivity contribution in [2.45, 2.75) is 26.3 Å². The van der Waals surface area contributed by atoms with Gasteiger partial charge < -0.3 is 9.64 Å². The quantitative estimate of drug-likeness (QED) is 0.848. The van der Waals surface area contributed by atoms with Gasteiger partial charge in [-0.1, -0.05) is 18.2 Å². The Labute approximate surface area is 152 Å². The lowest BCUT2D eigenvalue weighted by molar-refractivity contribution is -0.117. The third-order valence-electron chi connectivity index (χ3n) is 4.32. The van der Waals surface area contributed by atoms with Gasteiger partial charge in [0.2, 0.25) is 11.8 Å². The predicted octanol–water partition coefficient (Wildman–Crippen LogP) is 2.50. The summed E-state index contributed by atoms with van der Waals surface area (Å²) in [6.07, 6.45) is 1.89. The summed E-state index contributed by atoms with van der Waals surface area (Å²) in [5.41, 5.74) is 1.30. The fourth-order valence-electron chi connectivity index (χ4n) is 3.15. The number of carbonyl (C=O) groups excluding carboxylic acids is 2. The second-order valence-electron chi connectivity index (χ2n) is 6.57. The Kier molecular flexibility index (Phi) is 5.21. The SMILES string of the molecule is COc1ccccc1N1CC(C(=O)n2ccccc2=NC(C)C)CC1=O. The van der Waals surface area contributed by atoms with Gasteiger partial charge in [0.25, 0.3) is 0 Å². The molecular formula is C20H23N3O3. The maximum atomic E-state index is 13.0. The lowest BCUT2D eigenvalue weighted by atomic mass is 10.1. The third-order valence-corrected chi connectivity index (χ3v) is 4.32. The molecule has 136 valence electrons. The van der Waals surface area contributed by atoms with Crippen molar-refractivity contribution in [2.24, 2.45) is 10.9 Å². The lowest BCUT2D eigenvalue weighted by Gasteiger charge is -2.19. The highest BCUT2D eigenvalue weighted by Crippen LogP contribution is 2.33. The van der Waals surface area contributed by atoms with Gasteiger partial charge >= 0.3 is 0 Å². The van der Waals surface area contributed by atoms with Crippen LogP contribution in [0.3, 0.4) is 0 Å². The van der Waals surface area contributed by atoms with Crippen molar-refractivity contribution >= 4 is 17.5 Å². The van der Waals surface area contributed by atoms with Crippen molar-refractivity contribution in [3.05, 3.63) is 54.1 Å². The van der Waals surface area contributed by atoms with E-state index in [1.54, 1.807) is 28.8 Å². The number of aromatic nitrogens is 1. The van der Waals surface area contributed by atoms with Crippen molar-refractivity contribution in [3.63, 3.8) is 0 Å². The van der Waals surface area contributed by atoms with E-state index in [0.29, 0.717) is 23.5 Å². The monoisotopic (exact) mass is 353 g/mol. The molecule has 1 aromatic heterocycles. The van der Waals surface area contributed by atoms with Crippen LogP contribution < -0.4 is 15.1 Å². The van der Waals surface area contributed by atoms with E-state index in [1.165, 1.54) is 0 Å². The Morgan fingerprint density at radius 1 is 1.19 bits per heavy atom. The van der Waals surface area contributed by atoms with Crippen LogP contribution in [0.15, 0.2) is 53.7 Å². The van der Waals surface area contributed by atoms with Gasteiger partial charge in [-0.3, -0.25) is 19.1 Å². The van der Waals surface area contributed by atoms with E-state index >= 15 is 0 Å². The van der Waals surface area contributed by atoms with Crippen LogP contribution in [0.4, 0.5) is 5.69 Å². The first-order valence-corrected chi connectivity index (χ1v) is 8.70. The van der Waals surface area contributed by atoms with Gasteiger partial charge in [-0.15, -0.1) is 0 Å². The van der Waals surface area contributed by atoms with Crippen LogP contribution in [-0.4, -0.2) is 36.1 Å². The molecule has 1 atom stereocenters. The Morgan fingerprint density at radius 3 is 2.65 bits per heavy atom. The number of anilines is 1. The Hall–Kier alpha value is -2.89. The Morgan fingerprint density at radius 2 is 1.92 bits per heavy atom. The minimum Gasteiger partial charge on any atom is -0.495 e. The second kappa shape index (κ2) is 7.56. The van der Waals surface area contributed by atoms with Gasteiger partial charge in [0.15, 0.2) is 0 Å². The molecule has 26 heavy (non-hydrogen) atoms. The first-order valence-electron chi connectivity index (χ1n) is 8.70. The molecule has 1 aliphatic heterocycles. The number of rotatable bonds is 4. The first-order chi connectivity index (χ1) is 12.5. The molecule has 6 heteroatoms. The average molecular weight is 353 g/mol. The maximum Gasteiger partial charge on any atom is 0.237 e. The van der Waals surface area contributed by atoms with Crippen molar-refractivity contribution in [1.82, 2.24) is 4.57 Å². The molecular weight excluding hydrogens is 330 g/mol. The van der Waals surface area contributed by atoms with Crippen LogP contribution in [-0.2, 0) is 4.79 Å². The summed E-state index contributed by atoms with van der Waals surface area (Å²) in [5.74, 6) is 0.0141. The van der Waals surface area contributed by atoms with Gasteiger partial charge in [-0.25, -0.2) is 0 Å². The summed E-state index contributed by atoms with van der Waals surface area (Å²) in [6.45, 7) is 4.26. The van der Waals surface area contributed by atoms with Gasteiger partial charge in [-0.05, 0) is 38.1 Å². The van der Waals surface area contributed by atoms with Crippen molar-refractivity contribution < 1.29 is 14.3 Å². The minimum atomic E-state index is -0.416. The maximum absolute atomic E-state index is 13.0. The predicted molar refractivity (Wildman–Crippen MR) is 99.2 cm³/mol. The summed E-state index contributed by atoms with van der Waals surface area (Å²) in [5, 5.41) is 0. The summed E-state index contributed by atoms with van der Waals surface area (Å²) < 4.78 is 6.90. The smallest absolute Gasteiger partial charge is 0.237 e. The fraction of sp³-hybridized carbons (Fsp3) is 0.350. The van der Waals surface area contributed by atoms with Crippen LogP contribution >= 0.6 is 0 Å². The fourth-order valence-corrected chi connectivity index (χ4v) is 3.15. The standard InChI is InChI=1S/C20H23N3O3/c1-14(2)21-18-10-6-7-11-22(18)20(25)15-12-19(24)23(13-15)16-8-4-5-9-17(16)26-3/h4-11,14-15H,12-13H2,1-3H3. The normalized spacial score (nSPS) is 17.8. The molecule has 2 heterocycles. The van der Waals surface area contributed by atoms with Crippen LogP contribution in [0.5, 0.6) is 5.75 Å². The molecule has 6 nitrogen and oxygen atoms in total. The summed E-state index contributed by atoms with van der Waals surface area (Å²) >= 11 is 0. The summed E-state index contributed by atoms with van der Waals surface area (Å²) in [4.78, 5) is 31.7. The minimum absolute atomic E-state index is 0.0757. The van der Waals surface area contributed by atoms with Gasteiger partial charge in [0, 0.05) is 25.2 Å². The highest BCUT2D eigenvalue weighted by molar-refractivity contribution is 6.01. The molecule has 1 amide bonds. The molecule has 1 saturated heterocycles. The molecule has 1 aromatic carbocycles. The molecule has 3 rings (SSSR count). The lowest BCUT2D eigenvalue weighted by Crippen LogP contribution is -2.34. The summed E-state index contributed by atoms with van der Waals surface area (Å²) in [6, 6.07) is 12.9. The molecule has 0 spiro atoms. The largest absolute Gasteiger partial charge is 0.495 e. The highest BCUT2D eigenvalue weighted by Gasteiger charge is 2.36. The Balaban J connectivity index is 1.89. The molecule has 0 bridgehead atoms. The van der Waals surface area contributed by atoms with E-state index in [1.807, 2.05) is 50.2 Å². The number of pyridine rings is 1. The van der Waals surface area contributed by atoms with E-state index in [4.69, 9.17) is 4.74 Å². The van der Waals surface area contributed by atoms with Crippen molar-refractivity contribution in [3.8, 4) is 5.75 Å². The van der Waals surface area contributed by atoms with Crippen LogP contribution in [0.25, 0.3) is 0 Å². The number of benzene rings is 1. The van der Waals surface area contributed by atoms with Crippen LogP contribution in [0.2, 0.25) is 0 Å². The number of hydrogen-bond donors (Lipinski definition) is 0. The third kappa shape index (κ3) is 3.54. The van der Waals surface area contributed by atoms with Crippen molar-refractivity contribution in [1.29, 1.82) is 0 Å². The number of ether oxygens (including phenoxy) is 1. The summed E-state index contributed by atoms with van der Waals surface area (Å²) in [7, 11) is 1.57. The van der Waals surface area contributed by atoms with E-state index in [2.05, 4.69) is 4.99 Å². The van der Waals surface area contributed by atoms with Crippen LogP contribution in [0.1, 0.15) is 25.1 Å². The number of para-hydroxylation sites is 2. The van der Waals surface area contributed by atoms with Gasteiger partial charge in [0.05, 0.1) is 18.7 Å².